The Kier molecular flexibility index (Phi) is 5.46. The van der Waals surface area contributed by atoms with Crippen molar-refractivity contribution in [3.05, 3.63) is 23.9 Å². The molecule has 2 fully saturated rings. The summed E-state index contributed by atoms with van der Waals surface area (Å²) in [6.45, 7) is 5.89. The van der Waals surface area contributed by atoms with Crippen LogP contribution in [0.15, 0.2) is 18.3 Å². The lowest BCUT2D eigenvalue weighted by Crippen LogP contribution is -2.51. The average molecular weight is 367 g/mol. The molecular weight excluding hydrogens is 340 g/mol. The van der Waals surface area contributed by atoms with Crippen LogP contribution in [0.1, 0.15) is 57.9 Å². The standard InChI is InChI=1S/C19H27F2N3O2/c1-18(2,13-26-17-14(16(20)21)6-3-9-22-17)23-15(25)12-19-7-4-10-24(19)11-5-8-19/h3,6,9,16H,4-5,7-8,10-13H2,1-2H3,(H,23,25). The van der Waals surface area contributed by atoms with Gasteiger partial charge in [-0.2, -0.15) is 0 Å². The molecule has 1 N–H and O–H groups in total. The van der Waals surface area contributed by atoms with Gasteiger partial charge in [0, 0.05) is 18.2 Å². The van der Waals surface area contributed by atoms with Crippen LogP contribution < -0.4 is 10.1 Å². The zero-order valence-corrected chi connectivity index (χ0v) is 15.4. The maximum Gasteiger partial charge on any atom is 0.269 e. The number of alkyl halides is 2. The summed E-state index contributed by atoms with van der Waals surface area (Å²) in [6, 6.07) is 2.75. The number of rotatable bonds is 7. The number of pyridine rings is 1. The number of halogens is 2. The monoisotopic (exact) mass is 367 g/mol. The molecule has 26 heavy (non-hydrogen) atoms. The van der Waals surface area contributed by atoms with E-state index in [1.807, 2.05) is 13.8 Å². The highest BCUT2D eigenvalue weighted by Crippen LogP contribution is 2.41. The van der Waals surface area contributed by atoms with Gasteiger partial charge in [-0.15, -0.1) is 0 Å². The number of ether oxygens (including phenoxy) is 1. The number of hydrogen-bond donors (Lipinski definition) is 1. The summed E-state index contributed by atoms with van der Waals surface area (Å²) in [5.74, 6) is -0.0938. The minimum absolute atomic E-state index is 0.0116. The summed E-state index contributed by atoms with van der Waals surface area (Å²) in [7, 11) is 0. The van der Waals surface area contributed by atoms with E-state index in [0.717, 1.165) is 38.8 Å². The minimum Gasteiger partial charge on any atom is -0.475 e. The van der Waals surface area contributed by atoms with Crippen LogP contribution in [0.4, 0.5) is 8.78 Å². The summed E-state index contributed by atoms with van der Waals surface area (Å²) >= 11 is 0. The number of nitrogens with zero attached hydrogens (tertiary/aromatic N) is 2. The van der Waals surface area contributed by atoms with Crippen molar-refractivity contribution < 1.29 is 18.3 Å². The highest BCUT2D eigenvalue weighted by molar-refractivity contribution is 5.78. The molecule has 0 atom stereocenters. The lowest BCUT2D eigenvalue weighted by Gasteiger charge is -2.33. The van der Waals surface area contributed by atoms with Crippen molar-refractivity contribution in [1.29, 1.82) is 0 Å². The number of carbonyl (C=O) groups is 1. The molecular formula is C19H27F2N3O2. The second-order valence-electron chi connectivity index (χ2n) is 8.01. The molecule has 7 heteroatoms. The van der Waals surface area contributed by atoms with Crippen LogP contribution in [0.5, 0.6) is 5.88 Å². The molecule has 3 heterocycles. The van der Waals surface area contributed by atoms with Crippen molar-refractivity contribution in [3.8, 4) is 5.88 Å². The first kappa shape index (κ1) is 19.0. The Balaban J connectivity index is 1.56. The Morgan fingerprint density at radius 2 is 2.08 bits per heavy atom. The number of aromatic nitrogens is 1. The molecule has 0 radical (unpaired) electrons. The first-order valence-electron chi connectivity index (χ1n) is 9.23. The van der Waals surface area contributed by atoms with E-state index in [-0.39, 0.29) is 29.5 Å². The van der Waals surface area contributed by atoms with Gasteiger partial charge in [0.1, 0.15) is 6.61 Å². The molecule has 0 unspecified atom stereocenters. The zero-order chi connectivity index (χ0) is 18.8. The van der Waals surface area contributed by atoms with Crippen LogP contribution >= 0.6 is 0 Å². The molecule has 2 aliphatic heterocycles. The Hall–Kier alpha value is -1.76. The lowest BCUT2D eigenvalue weighted by atomic mass is 9.89. The fraction of sp³-hybridized carbons (Fsp3) is 0.684. The molecule has 144 valence electrons. The van der Waals surface area contributed by atoms with Crippen LogP contribution in [0.3, 0.4) is 0 Å². The predicted octanol–water partition coefficient (Wildman–Crippen LogP) is 3.31. The van der Waals surface area contributed by atoms with Crippen molar-refractivity contribution in [1.82, 2.24) is 15.2 Å². The quantitative estimate of drug-likeness (QED) is 0.803. The highest BCUT2D eigenvalue weighted by Gasteiger charge is 2.45. The topological polar surface area (TPSA) is 54.5 Å². The van der Waals surface area contributed by atoms with Gasteiger partial charge in [0.2, 0.25) is 11.8 Å². The molecule has 1 amide bonds. The minimum atomic E-state index is -2.65. The van der Waals surface area contributed by atoms with Crippen molar-refractivity contribution in [2.75, 3.05) is 19.7 Å². The zero-order valence-electron chi connectivity index (χ0n) is 15.4. The molecule has 0 bridgehead atoms. The number of carbonyl (C=O) groups excluding carboxylic acids is 1. The summed E-state index contributed by atoms with van der Waals surface area (Å²) < 4.78 is 31.5. The molecule has 1 aromatic heterocycles. The number of amides is 1. The largest absolute Gasteiger partial charge is 0.475 e. The smallest absolute Gasteiger partial charge is 0.269 e. The van der Waals surface area contributed by atoms with E-state index in [1.54, 1.807) is 0 Å². The lowest BCUT2D eigenvalue weighted by molar-refractivity contribution is -0.125. The van der Waals surface area contributed by atoms with E-state index in [1.165, 1.54) is 18.3 Å². The highest BCUT2D eigenvalue weighted by atomic mass is 19.3. The summed E-state index contributed by atoms with van der Waals surface area (Å²) in [4.78, 5) is 18.9. The van der Waals surface area contributed by atoms with Crippen LogP contribution in [0, 0.1) is 0 Å². The second-order valence-corrected chi connectivity index (χ2v) is 8.01. The van der Waals surface area contributed by atoms with Crippen molar-refractivity contribution in [3.63, 3.8) is 0 Å². The average Bonchev–Trinajstić information content (AvgIpc) is 3.11. The normalized spacial score (nSPS) is 19.6. The third-order valence-corrected chi connectivity index (χ3v) is 5.38. The summed E-state index contributed by atoms with van der Waals surface area (Å²) in [5.41, 5.74) is -0.890. The van der Waals surface area contributed by atoms with Gasteiger partial charge in [-0.25, -0.2) is 13.8 Å². The van der Waals surface area contributed by atoms with Gasteiger partial charge in [-0.3, -0.25) is 9.69 Å². The van der Waals surface area contributed by atoms with Crippen LogP contribution in [0.25, 0.3) is 0 Å². The van der Waals surface area contributed by atoms with E-state index < -0.39 is 12.0 Å². The molecule has 1 aromatic rings. The fourth-order valence-electron chi connectivity index (χ4n) is 4.21. The number of hydrogen-bond acceptors (Lipinski definition) is 4. The van der Waals surface area contributed by atoms with Gasteiger partial charge in [-0.05, 0) is 64.8 Å². The molecule has 0 saturated carbocycles. The Morgan fingerprint density at radius 3 is 2.73 bits per heavy atom. The van der Waals surface area contributed by atoms with Crippen molar-refractivity contribution >= 4 is 5.91 Å². The van der Waals surface area contributed by atoms with Gasteiger partial charge in [0.05, 0.1) is 11.1 Å². The summed E-state index contributed by atoms with van der Waals surface area (Å²) in [5, 5.41) is 3.00. The Labute approximate surface area is 153 Å². The molecule has 2 saturated heterocycles. The first-order chi connectivity index (χ1) is 12.3. The first-order valence-corrected chi connectivity index (χ1v) is 9.23. The molecule has 2 aliphatic rings. The number of nitrogens with one attached hydrogen (secondary N) is 1. The van der Waals surface area contributed by atoms with Gasteiger partial charge in [-0.1, -0.05) is 0 Å². The summed E-state index contributed by atoms with van der Waals surface area (Å²) in [6.07, 6.45) is 3.70. The van der Waals surface area contributed by atoms with E-state index in [4.69, 9.17) is 4.74 Å². The van der Waals surface area contributed by atoms with Gasteiger partial charge < -0.3 is 10.1 Å². The van der Waals surface area contributed by atoms with Crippen LogP contribution in [-0.2, 0) is 4.79 Å². The maximum atomic E-state index is 13.0. The Bertz CT molecular complexity index is 641. The molecule has 0 aromatic carbocycles. The van der Waals surface area contributed by atoms with E-state index in [0.29, 0.717) is 6.42 Å². The van der Waals surface area contributed by atoms with E-state index in [9.17, 15) is 13.6 Å². The van der Waals surface area contributed by atoms with Crippen molar-refractivity contribution in [2.45, 2.75) is 63.5 Å². The SMILES string of the molecule is CC(C)(COc1ncccc1C(F)F)NC(=O)CC12CCCN1CCC2. The predicted molar refractivity (Wildman–Crippen MR) is 94.3 cm³/mol. The number of fused-ring (bicyclic) bond motifs is 1. The molecule has 3 rings (SSSR count). The fourth-order valence-corrected chi connectivity index (χ4v) is 4.21. The maximum absolute atomic E-state index is 13.0. The molecule has 5 nitrogen and oxygen atoms in total. The second kappa shape index (κ2) is 7.47. The van der Waals surface area contributed by atoms with E-state index in [2.05, 4.69) is 15.2 Å². The molecule has 0 aliphatic carbocycles. The van der Waals surface area contributed by atoms with E-state index >= 15 is 0 Å². The third-order valence-electron chi connectivity index (χ3n) is 5.38. The Morgan fingerprint density at radius 1 is 1.38 bits per heavy atom. The van der Waals surface area contributed by atoms with Gasteiger partial charge in [0.25, 0.3) is 6.43 Å². The van der Waals surface area contributed by atoms with Gasteiger partial charge >= 0.3 is 0 Å². The van der Waals surface area contributed by atoms with Crippen LogP contribution in [0.2, 0.25) is 0 Å². The third kappa shape index (κ3) is 4.14. The molecule has 0 spiro atoms. The van der Waals surface area contributed by atoms with Crippen molar-refractivity contribution in [2.24, 2.45) is 0 Å². The van der Waals surface area contributed by atoms with Gasteiger partial charge in [0.15, 0.2) is 0 Å². The van der Waals surface area contributed by atoms with Crippen LogP contribution in [-0.4, -0.2) is 46.6 Å².